The number of nitrogens with zero attached hydrogens (tertiary/aromatic N) is 3. The van der Waals surface area contributed by atoms with Crippen molar-refractivity contribution in [2.75, 3.05) is 6.61 Å². The normalized spacial score (nSPS) is 13.7. The molecule has 4 nitrogen and oxygen atoms in total. The zero-order valence-electron chi connectivity index (χ0n) is 12.4. The number of allylic oxidation sites excluding steroid dienone is 3. The van der Waals surface area contributed by atoms with Crippen molar-refractivity contribution in [3.05, 3.63) is 45.4 Å². The summed E-state index contributed by atoms with van der Waals surface area (Å²) in [4.78, 5) is 2.92. The average Bonchev–Trinajstić information content (AvgIpc) is 2.34. The van der Waals surface area contributed by atoms with Crippen molar-refractivity contribution in [1.29, 1.82) is 0 Å². The highest BCUT2D eigenvalue weighted by atomic mass is 16.2. The van der Waals surface area contributed by atoms with Crippen LogP contribution in [0.1, 0.15) is 47.0 Å². The topological polar surface area (TPSA) is 69.0 Å². The Hall–Kier alpha value is -1.51. The van der Waals surface area contributed by atoms with Gasteiger partial charge in [0.25, 0.3) is 0 Å². The predicted molar refractivity (Wildman–Crippen MR) is 80.8 cm³/mol. The second-order valence-corrected chi connectivity index (χ2v) is 4.96. The first-order valence-electron chi connectivity index (χ1n) is 6.62. The first-order valence-corrected chi connectivity index (χ1v) is 6.62. The van der Waals surface area contributed by atoms with E-state index in [-0.39, 0.29) is 12.6 Å². The maximum Gasteiger partial charge on any atom is 0.0616 e. The second kappa shape index (κ2) is 10.4. The molecule has 4 heteroatoms. The van der Waals surface area contributed by atoms with Gasteiger partial charge in [0.1, 0.15) is 0 Å². The molecule has 1 atom stereocenters. The van der Waals surface area contributed by atoms with E-state index in [4.69, 9.17) is 10.6 Å². The molecule has 0 amide bonds. The SMILES string of the molecule is CC(C)=CCC(N=[N+]=[N-])/C(C)=C/CC/C(C)=C/CO. The van der Waals surface area contributed by atoms with Crippen LogP contribution in [-0.4, -0.2) is 17.8 Å². The van der Waals surface area contributed by atoms with Gasteiger partial charge in [0.15, 0.2) is 0 Å². The van der Waals surface area contributed by atoms with Crippen molar-refractivity contribution in [2.45, 2.75) is 53.0 Å². The molecule has 0 saturated heterocycles. The summed E-state index contributed by atoms with van der Waals surface area (Å²) < 4.78 is 0. The molecule has 1 unspecified atom stereocenters. The van der Waals surface area contributed by atoms with E-state index in [1.807, 2.05) is 33.8 Å². The Kier molecular flexibility index (Phi) is 9.59. The van der Waals surface area contributed by atoms with Crippen molar-refractivity contribution in [3.8, 4) is 0 Å². The van der Waals surface area contributed by atoms with Crippen LogP contribution in [-0.2, 0) is 0 Å². The van der Waals surface area contributed by atoms with E-state index in [1.54, 1.807) is 0 Å². The van der Waals surface area contributed by atoms with Crippen LogP contribution in [0.2, 0.25) is 0 Å². The summed E-state index contributed by atoms with van der Waals surface area (Å²) in [5.41, 5.74) is 12.1. The average molecular weight is 263 g/mol. The summed E-state index contributed by atoms with van der Waals surface area (Å²) in [5.74, 6) is 0. The van der Waals surface area contributed by atoms with Gasteiger partial charge in [-0.3, -0.25) is 0 Å². The second-order valence-electron chi connectivity index (χ2n) is 4.96. The van der Waals surface area contributed by atoms with Crippen LogP contribution in [0.15, 0.2) is 40.1 Å². The largest absolute Gasteiger partial charge is 0.392 e. The highest BCUT2D eigenvalue weighted by Gasteiger charge is 2.06. The Morgan fingerprint density at radius 1 is 1.21 bits per heavy atom. The minimum atomic E-state index is -0.0953. The molecule has 0 aromatic rings. The molecule has 0 aliphatic rings. The van der Waals surface area contributed by atoms with Crippen molar-refractivity contribution < 1.29 is 5.11 Å². The Labute approximate surface area is 116 Å². The molecule has 19 heavy (non-hydrogen) atoms. The predicted octanol–water partition coefficient (Wildman–Crippen LogP) is 4.69. The van der Waals surface area contributed by atoms with Crippen LogP contribution in [0.25, 0.3) is 10.4 Å². The lowest BCUT2D eigenvalue weighted by Gasteiger charge is -2.10. The summed E-state index contributed by atoms with van der Waals surface area (Å²) in [6.07, 6.45) is 8.60. The molecule has 0 rings (SSSR count). The van der Waals surface area contributed by atoms with Crippen LogP contribution in [0.3, 0.4) is 0 Å². The molecule has 0 bridgehead atoms. The van der Waals surface area contributed by atoms with Crippen molar-refractivity contribution in [1.82, 2.24) is 0 Å². The molecule has 0 aromatic heterocycles. The third-order valence-corrected chi connectivity index (χ3v) is 2.91. The highest BCUT2D eigenvalue weighted by Crippen LogP contribution is 2.15. The highest BCUT2D eigenvalue weighted by molar-refractivity contribution is 5.12. The number of azide groups is 1. The Morgan fingerprint density at radius 2 is 1.89 bits per heavy atom. The van der Waals surface area contributed by atoms with E-state index in [0.29, 0.717) is 0 Å². The van der Waals surface area contributed by atoms with Gasteiger partial charge in [0.2, 0.25) is 0 Å². The zero-order valence-corrected chi connectivity index (χ0v) is 12.4. The van der Waals surface area contributed by atoms with Gasteiger partial charge in [-0.15, -0.1) is 0 Å². The smallest absolute Gasteiger partial charge is 0.0616 e. The standard InChI is InChI=1S/C15H25N3O/c1-12(2)8-9-15(17-18-16)14(4)7-5-6-13(3)10-11-19/h7-8,10,15,19H,5-6,9,11H2,1-4H3/b13-10+,14-7+. The van der Waals surface area contributed by atoms with Crippen molar-refractivity contribution in [3.63, 3.8) is 0 Å². The molecule has 0 aliphatic heterocycles. The minimum absolute atomic E-state index is 0.0937. The van der Waals surface area contributed by atoms with Gasteiger partial charge in [-0.1, -0.05) is 40.1 Å². The molecule has 0 heterocycles. The summed E-state index contributed by atoms with van der Waals surface area (Å²) in [6, 6.07) is -0.0953. The Morgan fingerprint density at radius 3 is 2.42 bits per heavy atom. The number of rotatable bonds is 8. The molecule has 0 aromatic carbocycles. The third kappa shape index (κ3) is 9.11. The fourth-order valence-corrected chi connectivity index (χ4v) is 1.66. The molecule has 106 valence electrons. The number of hydrogen-bond acceptors (Lipinski definition) is 2. The molecular formula is C15H25N3O. The lowest BCUT2D eigenvalue weighted by atomic mass is 10.0. The van der Waals surface area contributed by atoms with Gasteiger partial charge in [-0.25, -0.2) is 0 Å². The Balaban J connectivity index is 4.53. The van der Waals surface area contributed by atoms with Crippen LogP contribution in [0.4, 0.5) is 0 Å². The van der Waals surface area contributed by atoms with E-state index in [2.05, 4.69) is 22.2 Å². The summed E-state index contributed by atoms with van der Waals surface area (Å²) in [6.45, 7) is 8.18. The summed E-state index contributed by atoms with van der Waals surface area (Å²) in [5, 5.41) is 12.6. The molecule has 1 N–H and O–H groups in total. The lowest BCUT2D eigenvalue weighted by molar-refractivity contribution is 0.341. The summed E-state index contributed by atoms with van der Waals surface area (Å²) >= 11 is 0. The van der Waals surface area contributed by atoms with Gasteiger partial charge in [0.05, 0.1) is 12.6 Å². The van der Waals surface area contributed by atoms with Crippen LogP contribution < -0.4 is 0 Å². The Bertz CT molecular complexity index is 398. The number of aliphatic hydroxyl groups excluding tert-OH is 1. The van der Waals surface area contributed by atoms with E-state index in [1.165, 1.54) is 11.1 Å². The molecule has 0 spiro atoms. The van der Waals surface area contributed by atoms with Gasteiger partial charge in [-0.2, -0.15) is 0 Å². The molecule has 0 radical (unpaired) electrons. The van der Waals surface area contributed by atoms with E-state index >= 15 is 0 Å². The quantitative estimate of drug-likeness (QED) is 0.293. The molecule has 0 saturated carbocycles. The zero-order chi connectivity index (χ0) is 14.7. The fourth-order valence-electron chi connectivity index (χ4n) is 1.66. The molecular weight excluding hydrogens is 238 g/mol. The van der Waals surface area contributed by atoms with Gasteiger partial charge >= 0.3 is 0 Å². The van der Waals surface area contributed by atoms with Crippen LogP contribution in [0.5, 0.6) is 0 Å². The number of aliphatic hydroxyl groups is 1. The minimum Gasteiger partial charge on any atom is -0.392 e. The van der Waals surface area contributed by atoms with Crippen LogP contribution in [0, 0.1) is 0 Å². The van der Waals surface area contributed by atoms with Gasteiger partial charge in [-0.05, 0) is 52.5 Å². The monoisotopic (exact) mass is 263 g/mol. The number of hydrogen-bond donors (Lipinski definition) is 1. The molecule has 0 fully saturated rings. The van der Waals surface area contributed by atoms with Crippen LogP contribution >= 0.6 is 0 Å². The van der Waals surface area contributed by atoms with Crippen molar-refractivity contribution in [2.24, 2.45) is 5.11 Å². The first kappa shape index (κ1) is 17.5. The lowest BCUT2D eigenvalue weighted by Crippen LogP contribution is -2.04. The van der Waals surface area contributed by atoms with E-state index in [0.717, 1.165) is 24.8 Å². The first-order chi connectivity index (χ1) is 9.01. The van der Waals surface area contributed by atoms with Gasteiger partial charge in [0, 0.05) is 4.91 Å². The fraction of sp³-hybridized carbons (Fsp3) is 0.600. The maximum atomic E-state index is 8.77. The van der Waals surface area contributed by atoms with E-state index in [9.17, 15) is 0 Å². The third-order valence-electron chi connectivity index (χ3n) is 2.91. The van der Waals surface area contributed by atoms with E-state index < -0.39 is 0 Å². The van der Waals surface area contributed by atoms with Gasteiger partial charge < -0.3 is 5.11 Å². The summed E-state index contributed by atoms with van der Waals surface area (Å²) in [7, 11) is 0. The molecule has 0 aliphatic carbocycles. The van der Waals surface area contributed by atoms with Crippen molar-refractivity contribution >= 4 is 0 Å². The maximum absolute atomic E-state index is 8.77.